The number of rotatable bonds is 5. The van der Waals surface area contributed by atoms with E-state index in [0.717, 1.165) is 19.0 Å². The van der Waals surface area contributed by atoms with Crippen molar-refractivity contribution in [3.05, 3.63) is 23.6 Å². The van der Waals surface area contributed by atoms with Crippen LogP contribution in [0.4, 0.5) is 10.2 Å². The minimum atomic E-state index is -0.760. The van der Waals surface area contributed by atoms with E-state index in [2.05, 4.69) is 21.5 Å². The molecule has 1 aliphatic carbocycles. The van der Waals surface area contributed by atoms with E-state index in [9.17, 15) is 9.18 Å². The van der Waals surface area contributed by atoms with Crippen molar-refractivity contribution in [1.29, 1.82) is 0 Å². The summed E-state index contributed by atoms with van der Waals surface area (Å²) >= 11 is 0. The fourth-order valence-corrected chi connectivity index (χ4v) is 1.85. The van der Waals surface area contributed by atoms with Crippen LogP contribution in [0.2, 0.25) is 0 Å². The fourth-order valence-electron chi connectivity index (χ4n) is 1.85. The molecule has 0 saturated heterocycles. The maximum absolute atomic E-state index is 13.4. The van der Waals surface area contributed by atoms with E-state index in [4.69, 9.17) is 6.42 Å². The van der Waals surface area contributed by atoms with Crippen molar-refractivity contribution >= 4 is 11.7 Å². The zero-order valence-electron chi connectivity index (χ0n) is 12.6. The number of amides is 1. The Kier molecular flexibility index (Phi) is 3.91. The number of anilines is 1. The first-order chi connectivity index (χ1) is 9.81. The molecular weight excluding hydrogens is 269 g/mol. The Bertz CT molecular complexity index is 604. The molecule has 5 heteroatoms. The highest BCUT2D eigenvalue weighted by atomic mass is 19.1. The molecule has 2 rings (SSSR count). The summed E-state index contributed by atoms with van der Waals surface area (Å²) in [6, 6.07) is 1.18. The Labute approximate surface area is 124 Å². The van der Waals surface area contributed by atoms with Gasteiger partial charge in [0, 0.05) is 5.54 Å². The largest absolute Gasteiger partial charge is 0.364 e. The molecule has 1 fully saturated rings. The Balaban J connectivity index is 2.27. The third kappa shape index (κ3) is 3.52. The average molecular weight is 289 g/mol. The Hall–Kier alpha value is -2.09. The number of aromatic nitrogens is 1. The minimum absolute atomic E-state index is 0.0555. The summed E-state index contributed by atoms with van der Waals surface area (Å²) in [5.74, 6) is 1.98. The third-order valence-electron chi connectivity index (χ3n) is 3.93. The predicted molar refractivity (Wildman–Crippen MR) is 80.5 cm³/mol. The fraction of sp³-hybridized carbons (Fsp3) is 0.500. The summed E-state index contributed by atoms with van der Waals surface area (Å²) in [5, 5.41) is 5.96. The third-order valence-corrected chi connectivity index (χ3v) is 3.93. The molecule has 21 heavy (non-hydrogen) atoms. The lowest BCUT2D eigenvalue weighted by Crippen LogP contribution is -2.44. The van der Waals surface area contributed by atoms with Crippen molar-refractivity contribution in [3.8, 4) is 12.3 Å². The molecule has 1 aromatic rings. The standard InChI is InChI=1S/C16H20FN3O/c1-5-15(3,6-2)20-14(21)12-9-11(17)10-18-13(12)19-16(4)7-8-16/h1,9-10H,6-8H2,2-4H3,(H,18,19)(H,20,21)/t15-/m0/s1. The molecule has 2 N–H and O–H groups in total. The molecular formula is C16H20FN3O. The number of hydrogen-bond acceptors (Lipinski definition) is 3. The number of carbonyl (C=O) groups excluding carboxylic acids is 1. The smallest absolute Gasteiger partial charge is 0.256 e. The van der Waals surface area contributed by atoms with Crippen LogP contribution in [0.15, 0.2) is 12.3 Å². The molecule has 1 saturated carbocycles. The second-order valence-electron chi connectivity index (χ2n) is 6.02. The van der Waals surface area contributed by atoms with Crippen LogP contribution in [0.25, 0.3) is 0 Å². The molecule has 0 radical (unpaired) electrons. The van der Waals surface area contributed by atoms with Gasteiger partial charge in [-0.05, 0) is 39.2 Å². The Morgan fingerprint density at radius 1 is 1.62 bits per heavy atom. The van der Waals surface area contributed by atoms with E-state index in [-0.39, 0.29) is 11.1 Å². The van der Waals surface area contributed by atoms with E-state index >= 15 is 0 Å². The predicted octanol–water partition coefficient (Wildman–Crippen LogP) is 2.72. The zero-order valence-corrected chi connectivity index (χ0v) is 12.6. The van der Waals surface area contributed by atoms with Gasteiger partial charge in [0.05, 0.1) is 17.3 Å². The van der Waals surface area contributed by atoms with Gasteiger partial charge in [0.2, 0.25) is 0 Å². The normalized spacial score (nSPS) is 18.2. The Morgan fingerprint density at radius 2 is 2.29 bits per heavy atom. The quantitative estimate of drug-likeness (QED) is 0.819. The molecule has 0 bridgehead atoms. The number of halogens is 1. The van der Waals surface area contributed by atoms with Crippen LogP contribution in [-0.2, 0) is 0 Å². The van der Waals surface area contributed by atoms with Crippen LogP contribution in [0.1, 0.15) is 50.4 Å². The van der Waals surface area contributed by atoms with Crippen molar-refractivity contribution in [3.63, 3.8) is 0 Å². The van der Waals surface area contributed by atoms with E-state index in [0.29, 0.717) is 12.2 Å². The number of pyridine rings is 1. The van der Waals surface area contributed by atoms with E-state index < -0.39 is 17.3 Å². The van der Waals surface area contributed by atoms with Crippen molar-refractivity contribution < 1.29 is 9.18 Å². The zero-order chi connectivity index (χ0) is 15.7. The van der Waals surface area contributed by atoms with Crippen LogP contribution in [0.5, 0.6) is 0 Å². The highest BCUT2D eigenvalue weighted by Gasteiger charge is 2.38. The van der Waals surface area contributed by atoms with E-state index in [1.807, 2.05) is 13.8 Å². The lowest BCUT2D eigenvalue weighted by molar-refractivity contribution is 0.0923. The molecule has 1 atom stereocenters. The molecule has 0 spiro atoms. The van der Waals surface area contributed by atoms with Gasteiger partial charge in [0.25, 0.3) is 5.91 Å². The number of nitrogens with zero attached hydrogens (tertiary/aromatic N) is 1. The molecule has 1 aromatic heterocycles. The summed E-state index contributed by atoms with van der Waals surface area (Å²) < 4.78 is 13.4. The molecule has 0 aromatic carbocycles. The molecule has 0 aliphatic heterocycles. The lowest BCUT2D eigenvalue weighted by atomic mass is 9.99. The molecule has 1 amide bonds. The van der Waals surface area contributed by atoms with Crippen LogP contribution < -0.4 is 10.6 Å². The first-order valence-electron chi connectivity index (χ1n) is 7.05. The molecule has 1 aliphatic rings. The number of hydrogen-bond donors (Lipinski definition) is 2. The number of nitrogens with one attached hydrogen (secondary N) is 2. The summed E-state index contributed by atoms with van der Waals surface area (Å²) in [6.45, 7) is 5.68. The van der Waals surface area contributed by atoms with E-state index in [1.54, 1.807) is 6.92 Å². The van der Waals surface area contributed by atoms with Gasteiger partial charge >= 0.3 is 0 Å². The van der Waals surface area contributed by atoms with Crippen LogP contribution in [0, 0.1) is 18.2 Å². The van der Waals surface area contributed by atoms with Crippen LogP contribution in [-0.4, -0.2) is 22.0 Å². The van der Waals surface area contributed by atoms with Gasteiger partial charge in [-0.3, -0.25) is 4.79 Å². The van der Waals surface area contributed by atoms with Gasteiger partial charge in [0.15, 0.2) is 0 Å². The average Bonchev–Trinajstić information content (AvgIpc) is 3.18. The minimum Gasteiger partial charge on any atom is -0.364 e. The molecule has 0 unspecified atom stereocenters. The first-order valence-corrected chi connectivity index (χ1v) is 7.05. The summed E-state index contributed by atoms with van der Waals surface area (Å²) in [7, 11) is 0. The van der Waals surface area contributed by atoms with Crippen molar-refractivity contribution in [2.45, 2.75) is 51.1 Å². The molecule has 112 valence electrons. The van der Waals surface area contributed by atoms with Crippen molar-refractivity contribution in [2.75, 3.05) is 5.32 Å². The van der Waals surface area contributed by atoms with Gasteiger partial charge < -0.3 is 10.6 Å². The molecule has 4 nitrogen and oxygen atoms in total. The maximum atomic E-state index is 13.4. The summed E-state index contributed by atoms with van der Waals surface area (Å²) in [4.78, 5) is 16.4. The first kappa shape index (κ1) is 15.3. The maximum Gasteiger partial charge on any atom is 0.256 e. The van der Waals surface area contributed by atoms with Crippen LogP contribution in [0.3, 0.4) is 0 Å². The van der Waals surface area contributed by atoms with Gasteiger partial charge in [-0.1, -0.05) is 12.8 Å². The van der Waals surface area contributed by atoms with Crippen molar-refractivity contribution in [2.24, 2.45) is 0 Å². The topological polar surface area (TPSA) is 54.0 Å². The van der Waals surface area contributed by atoms with Gasteiger partial charge in [-0.2, -0.15) is 0 Å². The van der Waals surface area contributed by atoms with Gasteiger partial charge in [-0.25, -0.2) is 9.37 Å². The summed E-state index contributed by atoms with van der Waals surface area (Å²) in [5.41, 5.74) is -0.637. The monoisotopic (exact) mass is 289 g/mol. The Morgan fingerprint density at radius 3 is 2.81 bits per heavy atom. The lowest BCUT2D eigenvalue weighted by Gasteiger charge is -2.24. The number of carbonyl (C=O) groups is 1. The second kappa shape index (κ2) is 5.36. The van der Waals surface area contributed by atoms with E-state index in [1.165, 1.54) is 6.07 Å². The highest BCUT2D eigenvalue weighted by molar-refractivity contribution is 5.99. The highest BCUT2D eigenvalue weighted by Crippen LogP contribution is 2.38. The summed E-state index contributed by atoms with van der Waals surface area (Å²) in [6.07, 6.45) is 9.15. The van der Waals surface area contributed by atoms with Crippen molar-refractivity contribution in [1.82, 2.24) is 10.3 Å². The number of terminal acetylenes is 1. The van der Waals surface area contributed by atoms with Gasteiger partial charge in [0.1, 0.15) is 11.6 Å². The second-order valence-corrected chi connectivity index (χ2v) is 6.02. The van der Waals surface area contributed by atoms with Gasteiger partial charge in [-0.15, -0.1) is 6.42 Å². The van der Waals surface area contributed by atoms with Crippen LogP contribution >= 0.6 is 0 Å². The SMILES string of the molecule is C#C[C@@](C)(CC)NC(=O)c1cc(F)cnc1NC1(C)CC1. The molecule has 1 heterocycles.